The van der Waals surface area contributed by atoms with E-state index in [4.69, 9.17) is 18.9 Å². The van der Waals surface area contributed by atoms with Gasteiger partial charge in [0, 0.05) is 5.56 Å². The summed E-state index contributed by atoms with van der Waals surface area (Å²) in [6.45, 7) is 3.90. The molecule has 0 unspecified atom stereocenters. The Balaban J connectivity index is 2.60. The normalized spacial score (nSPS) is 10.3. The first-order chi connectivity index (χ1) is 11.0. The van der Waals surface area contributed by atoms with Crippen molar-refractivity contribution in [1.82, 2.24) is 4.98 Å². The summed E-state index contributed by atoms with van der Waals surface area (Å²) in [7, 11) is 4.64. The van der Waals surface area contributed by atoms with Gasteiger partial charge in [-0.05, 0) is 26.0 Å². The van der Waals surface area contributed by atoms with Crippen molar-refractivity contribution >= 4 is 17.3 Å². The molecule has 0 spiro atoms. The quantitative estimate of drug-likeness (QED) is 0.753. The van der Waals surface area contributed by atoms with E-state index in [1.54, 1.807) is 40.4 Å². The summed E-state index contributed by atoms with van der Waals surface area (Å²) >= 11 is 1.41. The lowest BCUT2D eigenvalue weighted by Gasteiger charge is -2.14. The van der Waals surface area contributed by atoms with Crippen molar-refractivity contribution < 1.29 is 23.7 Å². The molecule has 0 atom stereocenters. The summed E-state index contributed by atoms with van der Waals surface area (Å²) < 4.78 is 21.1. The summed E-state index contributed by atoms with van der Waals surface area (Å²) in [4.78, 5) is 17.1. The number of aryl methyl sites for hydroxylation is 1. The number of nitrogens with zero attached hydrogens (tertiary/aromatic N) is 1. The molecule has 7 heteroatoms. The summed E-state index contributed by atoms with van der Waals surface area (Å²) in [6.07, 6.45) is 0. The number of esters is 1. The van der Waals surface area contributed by atoms with E-state index >= 15 is 0 Å². The Bertz CT molecular complexity index is 685. The molecular weight excluding hydrogens is 318 g/mol. The zero-order valence-electron chi connectivity index (χ0n) is 13.8. The van der Waals surface area contributed by atoms with Gasteiger partial charge in [-0.3, -0.25) is 0 Å². The lowest BCUT2D eigenvalue weighted by Crippen LogP contribution is -2.06. The zero-order valence-corrected chi connectivity index (χ0v) is 14.6. The van der Waals surface area contributed by atoms with Gasteiger partial charge in [0.25, 0.3) is 0 Å². The van der Waals surface area contributed by atoms with Gasteiger partial charge in [0.2, 0.25) is 5.75 Å². The predicted molar refractivity (Wildman–Crippen MR) is 87.9 cm³/mol. The van der Waals surface area contributed by atoms with Crippen molar-refractivity contribution in [2.45, 2.75) is 13.8 Å². The minimum absolute atomic E-state index is 0.295. The molecule has 0 N–H and O–H groups in total. The minimum Gasteiger partial charge on any atom is -0.493 e. The molecule has 0 aliphatic heterocycles. The van der Waals surface area contributed by atoms with Gasteiger partial charge in [0.15, 0.2) is 17.2 Å². The molecule has 0 aliphatic rings. The molecule has 23 heavy (non-hydrogen) atoms. The summed E-state index contributed by atoms with van der Waals surface area (Å²) in [5, 5.41) is 0.775. The number of ether oxygens (including phenoxy) is 4. The van der Waals surface area contributed by atoms with Crippen LogP contribution in [-0.4, -0.2) is 38.9 Å². The van der Waals surface area contributed by atoms with Crippen LogP contribution < -0.4 is 14.2 Å². The molecule has 0 saturated heterocycles. The van der Waals surface area contributed by atoms with E-state index in [2.05, 4.69) is 4.98 Å². The van der Waals surface area contributed by atoms with Crippen LogP contribution in [0.2, 0.25) is 0 Å². The third-order valence-electron chi connectivity index (χ3n) is 3.13. The molecule has 0 amide bonds. The number of carbonyl (C=O) groups is 1. The van der Waals surface area contributed by atoms with Crippen molar-refractivity contribution in [3.05, 3.63) is 22.8 Å². The third kappa shape index (κ3) is 3.39. The van der Waals surface area contributed by atoms with Crippen LogP contribution in [-0.2, 0) is 4.74 Å². The maximum atomic E-state index is 12.1. The zero-order chi connectivity index (χ0) is 17.0. The maximum Gasteiger partial charge on any atom is 0.358 e. The predicted octanol–water partition coefficient (Wildman–Crippen LogP) is 3.32. The molecule has 2 aromatic rings. The molecule has 0 radical (unpaired) electrons. The highest BCUT2D eigenvalue weighted by Crippen LogP contribution is 2.43. The topological polar surface area (TPSA) is 66.9 Å². The molecule has 0 saturated carbocycles. The van der Waals surface area contributed by atoms with Crippen LogP contribution in [0.5, 0.6) is 17.2 Å². The first-order valence-electron chi connectivity index (χ1n) is 7.00. The van der Waals surface area contributed by atoms with Crippen LogP contribution >= 0.6 is 11.3 Å². The second kappa shape index (κ2) is 7.32. The van der Waals surface area contributed by atoms with Gasteiger partial charge in [0.05, 0.1) is 37.8 Å². The SMILES string of the molecule is CCOC(=O)c1nc(C)sc1-c1cc(OC)c(OC)c(OC)c1. The van der Waals surface area contributed by atoms with Crippen molar-refractivity contribution in [2.24, 2.45) is 0 Å². The van der Waals surface area contributed by atoms with Gasteiger partial charge in [-0.15, -0.1) is 11.3 Å². The van der Waals surface area contributed by atoms with Crippen molar-refractivity contribution in [2.75, 3.05) is 27.9 Å². The molecule has 0 fully saturated rings. The van der Waals surface area contributed by atoms with Crippen molar-refractivity contribution in [1.29, 1.82) is 0 Å². The van der Waals surface area contributed by atoms with Crippen LogP contribution in [0.3, 0.4) is 0 Å². The van der Waals surface area contributed by atoms with E-state index in [9.17, 15) is 4.79 Å². The highest BCUT2D eigenvalue weighted by molar-refractivity contribution is 7.15. The third-order valence-corrected chi connectivity index (χ3v) is 4.15. The largest absolute Gasteiger partial charge is 0.493 e. The van der Waals surface area contributed by atoms with Crippen LogP contribution in [0.4, 0.5) is 0 Å². The van der Waals surface area contributed by atoms with Crippen LogP contribution in [0.15, 0.2) is 12.1 Å². The van der Waals surface area contributed by atoms with Gasteiger partial charge in [0.1, 0.15) is 0 Å². The highest BCUT2D eigenvalue weighted by atomic mass is 32.1. The summed E-state index contributed by atoms with van der Waals surface area (Å²) in [5.74, 6) is 1.09. The number of hydrogen-bond donors (Lipinski definition) is 0. The number of rotatable bonds is 6. The smallest absolute Gasteiger partial charge is 0.358 e. The average Bonchev–Trinajstić information content (AvgIpc) is 2.95. The second-order valence-corrected chi connectivity index (χ2v) is 5.75. The Labute approximate surface area is 139 Å². The summed E-state index contributed by atoms with van der Waals surface area (Å²) in [6, 6.07) is 3.58. The minimum atomic E-state index is -0.444. The molecule has 1 aromatic heterocycles. The second-order valence-electron chi connectivity index (χ2n) is 4.55. The van der Waals surface area contributed by atoms with Gasteiger partial charge in [-0.2, -0.15) is 0 Å². The van der Waals surface area contributed by atoms with E-state index in [0.717, 1.165) is 10.6 Å². The highest BCUT2D eigenvalue weighted by Gasteiger charge is 2.22. The number of benzene rings is 1. The Morgan fingerprint density at radius 1 is 1.13 bits per heavy atom. The lowest BCUT2D eigenvalue weighted by molar-refractivity contribution is 0.0521. The van der Waals surface area contributed by atoms with E-state index in [0.29, 0.717) is 34.4 Å². The van der Waals surface area contributed by atoms with Gasteiger partial charge in [-0.25, -0.2) is 9.78 Å². The first kappa shape index (κ1) is 17.1. The molecule has 0 aliphatic carbocycles. The number of methoxy groups -OCH3 is 3. The monoisotopic (exact) mass is 337 g/mol. The van der Waals surface area contributed by atoms with Crippen LogP contribution in [0.1, 0.15) is 22.4 Å². The lowest BCUT2D eigenvalue weighted by atomic mass is 10.1. The van der Waals surface area contributed by atoms with Gasteiger partial charge >= 0.3 is 5.97 Å². The number of hydrogen-bond acceptors (Lipinski definition) is 7. The fourth-order valence-corrected chi connectivity index (χ4v) is 3.07. The van der Waals surface area contributed by atoms with Crippen molar-refractivity contribution in [3.63, 3.8) is 0 Å². The van der Waals surface area contributed by atoms with E-state index in [-0.39, 0.29) is 0 Å². The molecule has 124 valence electrons. The Kier molecular flexibility index (Phi) is 5.44. The number of thiazole rings is 1. The first-order valence-corrected chi connectivity index (χ1v) is 7.82. The molecule has 2 rings (SSSR count). The molecule has 6 nitrogen and oxygen atoms in total. The van der Waals surface area contributed by atoms with Crippen LogP contribution in [0, 0.1) is 6.92 Å². The number of aromatic nitrogens is 1. The van der Waals surface area contributed by atoms with Crippen molar-refractivity contribution in [3.8, 4) is 27.7 Å². The van der Waals surface area contributed by atoms with E-state index in [1.807, 2.05) is 6.92 Å². The van der Waals surface area contributed by atoms with Crippen LogP contribution in [0.25, 0.3) is 10.4 Å². The standard InChI is InChI=1S/C16H19NO5S/c1-6-22-16(18)13-15(23-9(2)17-13)10-7-11(19-3)14(21-5)12(8-10)20-4/h7-8H,6H2,1-5H3. The maximum absolute atomic E-state index is 12.1. The fourth-order valence-electron chi connectivity index (χ4n) is 2.17. The van der Waals surface area contributed by atoms with E-state index in [1.165, 1.54) is 11.3 Å². The molecule has 0 bridgehead atoms. The number of carbonyl (C=O) groups excluding carboxylic acids is 1. The molecule has 1 heterocycles. The molecular formula is C16H19NO5S. The molecule has 1 aromatic carbocycles. The fraction of sp³-hybridized carbons (Fsp3) is 0.375. The Morgan fingerprint density at radius 3 is 2.22 bits per heavy atom. The Hall–Kier alpha value is -2.28. The average molecular weight is 337 g/mol. The Morgan fingerprint density at radius 2 is 1.74 bits per heavy atom. The van der Waals surface area contributed by atoms with Gasteiger partial charge in [-0.1, -0.05) is 0 Å². The van der Waals surface area contributed by atoms with Gasteiger partial charge < -0.3 is 18.9 Å². The summed E-state index contributed by atoms with van der Waals surface area (Å²) in [5.41, 5.74) is 1.05. The van der Waals surface area contributed by atoms with E-state index < -0.39 is 5.97 Å².